The first-order valence-corrected chi connectivity index (χ1v) is 19.0. The van der Waals surface area contributed by atoms with Gasteiger partial charge in [0.25, 0.3) is 5.91 Å². The van der Waals surface area contributed by atoms with Gasteiger partial charge in [0, 0.05) is 36.5 Å². The van der Waals surface area contributed by atoms with E-state index in [1.807, 2.05) is 6.07 Å². The minimum absolute atomic E-state index is 0.0341. The van der Waals surface area contributed by atoms with Gasteiger partial charge in [0.2, 0.25) is 10.0 Å². The van der Waals surface area contributed by atoms with Gasteiger partial charge in [-0.15, -0.1) is 0 Å². The fourth-order valence-corrected chi connectivity index (χ4v) is 7.78. The molecule has 5 aromatic carbocycles. The van der Waals surface area contributed by atoms with Gasteiger partial charge in [-0.25, -0.2) is 21.2 Å². The summed E-state index contributed by atoms with van der Waals surface area (Å²) in [5, 5.41) is 22.4. The summed E-state index contributed by atoms with van der Waals surface area (Å²) in [5.74, 6) is -1.14. The molecule has 0 fully saturated rings. The van der Waals surface area contributed by atoms with Crippen LogP contribution in [0.3, 0.4) is 0 Å². The molecule has 0 aromatic heterocycles. The maximum atomic E-state index is 14.2. The summed E-state index contributed by atoms with van der Waals surface area (Å²) >= 11 is 12.2. The molecule has 0 spiro atoms. The number of aromatic hydroxyl groups is 1. The molecule has 51 heavy (non-hydrogen) atoms. The highest BCUT2D eigenvalue weighted by molar-refractivity contribution is 7.90. The highest BCUT2D eigenvalue weighted by Crippen LogP contribution is 2.37. The zero-order chi connectivity index (χ0) is 36.9. The van der Waals surface area contributed by atoms with Gasteiger partial charge in [0.05, 0.1) is 21.6 Å². The largest absolute Gasteiger partial charge is 0.505 e. The number of benzene rings is 5. The number of sulfonamides is 1. The molecular weight excluding hydrogens is 740 g/mol. The Balaban J connectivity index is 1.54. The Kier molecular flexibility index (Phi) is 11.3. The van der Waals surface area contributed by atoms with Crippen LogP contribution in [-0.4, -0.2) is 38.4 Å². The van der Waals surface area contributed by atoms with E-state index in [4.69, 9.17) is 27.9 Å². The smallest absolute Gasteiger partial charge is 0.251 e. The number of carbonyl (C=O) groups is 1. The van der Waals surface area contributed by atoms with Crippen molar-refractivity contribution in [3.8, 4) is 23.3 Å². The SMILES string of the molecule is CS(=O)(=O)c1ccc(CN(Cc2cc(CNC(=O)c3cccc(C#N)c3)cc(Oc3ccc(F)cc3)c2)S(=O)(=O)c2cc(Cl)cc(Cl)c2O)cc1. The average molecular weight is 769 g/mol. The second kappa shape index (κ2) is 15.5. The summed E-state index contributed by atoms with van der Waals surface area (Å²) in [5.41, 5.74) is 1.86. The Hall–Kier alpha value is -4.97. The molecule has 15 heteroatoms. The van der Waals surface area contributed by atoms with E-state index in [-0.39, 0.29) is 51.6 Å². The number of hydrogen-bond donors (Lipinski definition) is 2. The number of ether oxygens (including phenoxy) is 1. The maximum absolute atomic E-state index is 14.2. The first-order chi connectivity index (χ1) is 24.1. The number of nitrogens with one attached hydrogen (secondary N) is 1. The summed E-state index contributed by atoms with van der Waals surface area (Å²) in [4.78, 5) is 12.4. The predicted molar refractivity (Wildman–Crippen MR) is 189 cm³/mol. The van der Waals surface area contributed by atoms with Crippen LogP contribution in [0.25, 0.3) is 0 Å². The fraction of sp³-hybridized carbons (Fsp3) is 0.111. The summed E-state index contributed by atoms with van der Waals surface area (Å²) in [6.45, 7) is -0.626. The minimum atomic E-state index is -4.55. The van der Waals surface area contributed by atoms with Gasteiger partial charge >= 0.3 is 0 Å². The molecule has 0 bridgehead atoms. The molecule has 5 aromatic rings. The topological polar surface area (TPSA) is 154 Å². The number of nitrogens with zero attached hydrogens (tertiary/aromatic N) is 2. The van der Waals surface area contributed by atoms with Crippen molar-refractivity contribution in [1.82, 2.24) is 9.62 Å². The van der Waals surface area contributed by atoms with E-state index >= 15 is 0 Å². The molecular formula is C36H28Cl2FN3O7S2. The van der Waals surface area contributed by atoms with Gasteiger partial charge in [-0.3, -0.25) is 4.79 Å². The summed E-state index contributed by atoms with van der Waals surface area (Å²) in [6.07, 6.45) is 1.05. The van der Waals surface area contributed by atoms with Crippen LogP contribution >= 0.6 is 23.2 Å². The number of halogens is 3. The van der Waals surface area contributed by atoms with Gasteiger partial charge in [0.1, 0.15) is 22.2 Å². The van der Waals surface area contributed by atoms with E-state index < -0.39 is 42.2 Å². The van der Waals surface area contributed by atoms with Crippen LogP contribution in [0.4, 0.5) is 4.39 Å². The van der Waals surface area contributed by atoms with E-state index in [9.17, 15) is 36.4 Å². The molecule has 2 N–H and O–H groups in total. The van der Waals surface area contributed by atoms with E-state index in [0.29, 0.717) is 22.3 Å². The van der Waals surface area contributed by atoms with E-state index in [0.717, 1.165) is 16.6 Å². The normalized spacial score (nSPS) is 11.6. The Morgan fingerprint density at radius 3 is 2.20 bits per heavy atom. The predicted octanol–water partition coefficient (Wildman–Crippen LogP) is 7.23. The van der Waals surface area contributed by atoms with Crippen molar-refractivity contribution in [2.24, 2.45) is 0 Å². The van der Waals surface area contributed by atoms with Crippen LogP contribution in [0, 0.1) is 17.1 Å². The van der Waals surface area contributed by atoms with Crippen LogP contribution in [0.15, 0.2) is 113 Å². The van der Waals surface area contributed by atoms with Gasteiger partial charge in [-0.2, -0.15) is 9.57 Å². The molecule has 0 saturated carbocycles. The van der Waals surface area contributed by atoms with Gasteiger partial charge in [-0.05, 0) is 95.6 Å². The van der Waals surface area contributed by atoms with Crippen LogP contribution in [0.5, 0.6) is 17.2 Å². The fourth-order valence-electron chi connectivity index (χ4n) is 4.99. The second-order valence-corrected chi connectivity index (χ2v) is 16.1. The Morgan fingerprint density at radius 1 is 0.863 bits per heavy atom. The third-order valence-corrected chi connectivity index (χ3v) is 10.9. The molecule has 0 aliphatic heterocycles. The maximum Gasteiger partial charge on any atom is 0.251 e. The highest BCUT2D eigenvalue weighted by Gasteiger charge is 2.30. The third-order valence-electron chi connectivity index (χ3n) is 7.46. The lowest BCUT2D eigenvalue weighted by atomic mass is 10.1. The van der Waals surface area contributed by atoms with Crippen molar-refractivity contribution in [3.63, 3.8) is 0 Å². The van der Waals surface area contributed by atoms with Crippen LogP contribution in [0.2, 0.25) is 10.0 Å². The molecule has 262 valence electrons. The van der Waals surface area contributed by atoms with Crippen LogP contribution in [0.1, 0.15) is 32.6 Å². The Morgan fingerprint density at radius 2 is 1.53 bits per heavy atom. The third kappa shape index (κ3) is 9.43. The summed E-state index contributed by atoms with van der Waals surface area (Å²) in [6, 6.07) is 26.1. The number of amides is 1. The number of rotatable bonds is 12. The lowest BCUT2D eigenvalue weighted by molar-refractivity contribution is 0.0950. The molecule has 0 radical (unpaired) electrons. The summed E-state index contributed by atoms with van der Waals surface area (Å²) < 4.78 is 73.1. The molecule has 5 rings (SSSR count). The van der Waals surface area contributed by atoms with Crippen LogP contribution < -0.4 is 10.1 Å². The molecule has 0 saturated heterocycles. The van der Waals surface area contributed by atoms with Gasteiger partial charge in [-0.1, -0.05) is 47.5 Å². The lowest BCUT2D eigenvalue weighted by Crippen LogP contribution is -2.30. The molecule has 0 aliphatic carbocycles. The number of nitriles is 1. The Labute approximate surface area is 304 Å². The minimum Gasteiger partial charge on any atom is -0.505 e. The van der Waals surface area contributed by atoms with Crippen molar-refractivity contribution in [3.05, 3.63) is 147 Å². The van der Waals surface area contributed by atoms with Crippen molar-refractivity contribution in [2.45, 2.75) is 29.4 Å². The molecule has 10 nitrogen and oxygen atoms in total. The monoisotopic (exact) mass is 767 g/mol. The summed E-state index contributed by atoms with van der Waals surface area (Å²) in [7, 11) is -8.08. The van der Waals surface area contributed by atoms with E-state index in [1.165, 1.54) is 60.7 Å². The first kappa shape index (κ1) is 37.3. The number of phenolic OH excluding ortho intramolecular Hbond substituents is 1. The lowest BCUT2D eigenvalue weighted by Gasteiger charge is -2.24. The number of phenols is 1. The first-order valence-electron chi connectivity index (χ1n) is 14.9. The van der Waals surface area contributed by atoms with Gasteiger partial charge in [0.15, 0.2) is 15.6 Å². The zero-order valence-electron chi connectivity index (χ0n) is 26.7. The number of hydrogen-bond acceptors (Lipinski definition) is 8. The quantitative estimate of drug-likeness (QED) is 0.135. The van der Waals surface area contributed by atoms with E-state index in [1.54, 1.807) is 36.4 Å². The van der Waals surface area contributed by atoms with Crippen molar-refractivity contribution < 1.29 is 35.9 Å². The second-order valence-electron chi connectivity index (χ2n) is 11.3. The zero-order valence-corrected chi connectivity index (χ0v) is 29.8. The van der Waals surface area contributed by atoms with Gasteiger partial charge < -0.3 is 15.2 Å². The van der Waals surface area contributed by atoms with Crippen molar-refractivity contribution >= 4 is 49.0 Å². The molecule has 1 amide bonds. The number of carbonyl (C=O) groups excluding carboxylic acids is 1. The highest BCUT2D eigenvalue weighted by atomic mass is 35.5. The average Bonchev–Trinajstić information content (AvgIpc) is 3.09. The molecule has 0 unspecified atom stereocenters. The van der Waals surface area contributed by atoms with Crippen LogP contribution in [-0.2, 0) is 39.5 Å². The van der Waals surface area contributed by atoms with Crippen molar-refractivity contribution in [2.75, 3.05) is 6.26 Å². The molecule has 0 heterocycles. The van der Waals surface area contributed by atoms with Crippen molar-refractivity contribution in [1.29, 1.82) is 5.26 Å². The number of sulfone groups is 1. The Bertz CT molecular complexity index is 2370. The standard InChI is InChI=1S/C36H28Cl2FN3O7S2/c1-50(45,46)32-11-5-23(6-12-32)21-42(51(47,48)34-18-28(37)17-33(38)35(34)43)22-26-13-25(15-31(16-26)49-30-9-7-29(39)8-10-30)20-41-36(44)27-4-2-3-24(14-27)19-40/h2-18,43H,20-22H2,1H3,(H,41,44). The van der Waals surface area contributed by atoms with E-state index in [2.05, 4.69) is 5.32 Å². The molecule has 0 atom stereocenters. The molecule has 0 aliphatic rings.